The van der Waals surface area contributed by atoms with Crippen LogP contribution in [0.3, 0.4) is 0 Å². The quantitative estimate of drug-likeness (QED) is 0.859. The number of carbonyl (C=O) groups excluding carboxylic acids is 1. The summed E-state index contributed by atoms with van der Waals surface area (Å²) < 4.78 is 0. The number of halogens is 1. The van der Waals surface area contributed by atoms with Crippen LogP contribution in [-0.4, -0.2) is 23.4 Å². The van der Waals surface area contributed by atoms with Crippen molar-refractivity contribution in [3.8, 4) is 0 Å². The first-order valence-corrected chi connectivity index (χ1v) is 8.31. The Balaban J connectivity index is 0.00000208. The van der Waals surface area contributed by atoms with E-state index < -0.39 is 0 Å². The molecule has 4 heteroatoms. The molecule has 24 heavy (non-hydrogen) atoms. The van der Waals surface area contributed by atoms with Crippen molar-refractivity contribution in [1.29, 1.82) is 0 Å². The highest BCUT2D eigenvalue weighted by Gasteiger charge is 2.33. The summed E-state index contributed by atoms with van der Waals surface area (Å²) in [5.74, 6) is 0.769. The predicted octanol–water partition coefficient (Wildman–Crippen LogP) is 3.71. The van der Waals surface area contributed by atoms with Gasteiger partial charge in [0.1, 0.15) is 0 Å². The minimum absolute atomic E-state index is 0. The van der Waals surface area contributed by atoms with E-state index in [-0.39, 0.29) is 18.3 Å². The molecule has 0 aromatic heterocycles. The van der Waals surface area contributed by atoms with Crippen LogP contribution in [0.2, 0.25) is 0 Å². The van der Waals surface area contributed by atoms with E-state index in [0.717, 1.165) is 30.6 Å². The minimum atomic E-state index is 0. The first-order valence-electron chi connectivity index (χ1n) is 8.31. The van der Waals surface area contributed by atoms with Gasteiger partial charge >= 0.3 is 0 Å². The van der Waals surface area contributed by atoms with Crippen molar-refractivity contribution in [2.75, 3.05) is 12.3 Å². The molecule has 0 aliphatic carbocycles. The third-order valence-corrected chi connectivity index (χ3v) is 4.91. The third-order valence-electron chi connectivity index (χ3n) is 4.91. The molecule has 2 unspecified atom stereocenters. The number of likely N-dealkylation sites (tertiary alicyclic amines) is 1. The average molecular weight is 345 g/mol. The molecule has 3 nitrogen and oxygen atoms in total. The summed E-state index contributed by atoms with van der Waals surface area (Å²) in [5, 5.41) is 0. The van der Waals surface area contributed by atoms with Gasteiger partial charge in [0.25, 0.3) is 0 Å². The Morgan fingerprint density at radius 1 is 1.08 bits per heavy atom. The number of nitrogen functional groups attached to an aromatic ring is 1. The maximum Gasteiger partial charge on any atom is 0.227 e. The molecular weight excluding hydrogens is 320 g/mol. The smallest absolute Gasteiger partial charge is 0.227 e. The van der Waals surface area contributed by atoms with Crippen LogP contribution in [0.15, 0.2) is 54.6 Å². The lowest BCUT2D eigenvalue weighted by molar-refractivity contribution is -0.131. The van der Waals surface area contributed by atoms with Crippen molar-refractivity contribution in [2.45, 2.75) is 32.2 Å². The van der Waals surface area contributed by atoms with Crippen LogP contribution < -0.4 is 5.73 Å². The molecule has 1 aliphatic heterocycles. The number of hydrogen-bond acceptors (Lipinski definition) is 2. The summed E-state index contributed by atoms with van der Waals surface area (Å²) in [6.07, 6.45) is 2.60. The maximum atomic E-state index is 12.6. The number of anilines is 1. The summed E-state index contributed by atoms with van der Waals surface area (Å²) >= 11 is 0. The molecule has 0 spiro atoms. The lowest BCUT2D eigenvalue weighted by Crippen LogP contribution is -2.37. The molecule has 2 aromatic carbocycles. The standard InChI is InChI=1S/C20H24N2O.ClH/c1-15-18(13-16-5-3-2-4-6-16)11-12-22(15)20(23)14-17-7-9-19(21)10-8-17;/h2-10,15,18H,11-14,21H2,1H3;1H. The molecule has 1 heterocycles. The Morgan fingerprint density at radius 2 is 1.75 bits per heavy atom. The lowest BCUT2D eigenvalue weighted by atomic mass is 9.93. The molecule has 1 amide bonds. The van der Waals surface area contributed by atoms with Gasteiger partial charge in [-0.05, 0) is 48.9 Å². The lowest BCUT2D eigenvalue weighted by Gasteiger charge is -2.25. The second-order valence-electron chi connectivity index (χ2n) is 6.48. The van der Waals surface area contributed by atoms with Gasteiger partial charge in [-0.2, -0.15) is 0 Å². The predicted molar refractivity (Wildman–Crippen MR) is 101 cm³/mol. The largest absolute Gasteiger partial charge is 0.399 e. The highest BCUT2D eigenvalue weighted by atomic mass is 35.5. The summed E-state index contributed by atoms with van der Waals surface area (Å²) in [6, 6.07) is 18.4. The molecule has 1 fully saturated rings. The number of nitrogens with zero attached hydrogens (tertiary/aromatic N) is 1. The molecule has 2 N–H and O–H groups in total. The molecule has 128 valence electrons. The third kappa shape index (κ3) is 4.30. The van der Waals surface area contributed by atoms with Crippen molar-refractivity contribution >= 4 is 24.0 Å². The molecule has 2 aromatic rings. The van der Waals surface area contributed by atoms with Crippen LogP contribution in [0, 0.1) is 5.92 Å². The summed E-state index contributed by atoms with van der Waals surface area (Å²) in [7, 11) is 0. The van der Waals surface area contributed by atoms with Crippen LogP contribution in [0.4, 0.5) is 5.69 Å². The highest BCUT2D eigenvalue weighted by Crippen LogP contribution is 2.28. The molecule has 0 radical (unpaired) electrons. The van der Waals surface area contributed by atoms with E-state index in [4.69, 9.17) is 5.73 Å². The average Bonchev–Trinajstić information content (AvgIpc) is 2.92. The Labute approximate surface area is 150 Å². The van der Waals surface area contributed by atoms with Gasteiger partial charge < -0.3 is 10.6 Å². The van der Waals surface area contributed by atoms with E-state index >= 15 is 0 Å². The van der Waals surface area contributed by atoms with Crippen LogP contribution in [-0.2, 0) is 17.6 Å². The van der Waals surface area contributed by atoms with Crippen molar-refractivity contribution in [1.82, 2.24) is 4.90 Å². The van der Waals surface area contributed by atoms with Gasteiger partial charge in [-0.1, -0.05) is 42.5 Å². The van der Waals surface area contributed by atoms with Crippen molar-refractivity contribution in [3.05, 3.63) is 65.7 Å². The fourth-order valence-electron chi connectivity index (χ4n) is 3.46. The SMILES string of the molecule is CC1C(Cc2ccccc2)CCN1C(=O)Cc1ccc(N)cc1.Cl. The molecule has 1 saturated heterocycles. The molecule has 1 aliphatic rings. The van der Waals surface area contributed by atoms with Crippen molar-refractivity contribution in [3.63, 3.8) is 0 Å². The van der Waals surface area contributed by atoms with Crippen LogP contribution in [0.5, 0.6) is 0 Å². The van der Waals surface area contributed by atoms with Gasteiger partial charge in [0.2, 0.25) is 5.91 Å². The first kappa shape index (κ1) is 18.3. The summed E-state index contributed by atoms with van der Waals surface area (Å²) in [4.78, 5) is 14.6. The van der Waals surface area contributed by atoms with Crippen LogP contribution in [0.25, 0.3) is 0 Å². The molecule has 3 rings (SSSR count). The Hall–Kier alpha value is -2.00. The molecular formula is C20H25ClN2O. The number of carbonyl (C=O) groups is 1. The van der Waals surface area contributed by atoms with Gasteiger partial charge in [0.15, 0.2) is 0 Å². The van der Waals surface area contributed by atoms with Gasteiger partial charge in [0, 0.05) is 18.3 Å². The van der Waals surface area contributed by atoms with Gasteiger partial charge in [-0.15, -0.1) is 12.4 Å². The Bertz CT molecular complexity index is 657. The first-order chi connectivity index (χ1) is 11.1. The van der Waals surface area contributed by atoms with E-state index in [1.165, 1.54) is 5.56 Å². The number of amides is 1. The van der Waals surface area contributed by atoms with Crippen molar-refractivity contribution in [2.24, 2.45) is 5.92 Å². The number of benzene rings is 2. The second-order valence-corrected chi connectivity index (χ2v) is 6.48. The second kappa shape index (κ2) is 8.20. The monoisotopic (exact) mass is 344 g/mol. The van der Waals surface area contributed by atoms with E-state index in [9.17, 15) is 4.79 Å². The highest BCUT2D eigenvalue weighted by molar-refractivity contribution is 5.85. The topological polar surface area (TPSA) is 46.3 Å². The molecule has 0 bridgehead atoms. The normalized spacial score (nSPS) is 19.8. The van der Waals surface area contributed by atoms with Crippen LogP contribution >= 0.6 is 12.4 Å². The number of nitrogens with two attached hydrogens (primary N) is 1. The minimum Gasteiger partial charge on any atom is -0.399 e. The summed E-state index contributed by atoms with van der Waals surface area (Å²) in [5.41, 5.74) is 8.82. The van der Waals surface area contributed by atoms with E-state index in [0.29, 0.717) is 18.4 Å². The molecule has 2 atom stereocenters. The number of rotatable bonds is 4. The zero-order chi connectivity index (χ0) is 16.2. The fourth-order valence-corrected chi connectivity index (χ4v) is 3.46. The fraction of sp³-hybridized carbons (Fsp3) is 0.350. The summed E-state index contributed by atoms with van der Waals surface area (Å²) in [6.45, 7) is 3.05. The van der Waals surface area contributed by atoms with E-state index in [1.807, 2.05) is 35.2 Å². The van der Waals surface area contributed by atoms with Crippen LogP contribution in [0.1, 0.15) is 24.5 Å². The van der Waals surface area contributed by atoms with E-state index in [1.54, 1.807) is 0 Å². The van der Waals surface area contributed by atoms with Gasteiger partial charge in [0.05, 0.1) is 6.42 Å². The van der Waals surface area contributed by atoms with Gasteiger partial charge in [-0.25, -0.2) is 0 Å². The maximum absolute atomic E-state index is 12.6. The van der Waals surface area contributed by atoms with Crippen molar-refractivity contribution < 1.29 is 4.79 Å². The van der Waals surface area contributed by atoms with Gasteiger partial charge in [-0.3, -0.25) is 4.79 Å². The zero-order valence-corrected chi connectivity index (χ0v) is 14.8. The number of hydrogen-bond donors (Lipinski definition) is 1. The Morgan fingerprint density at radius 3 is 2.42 bits per heavy atom. The van der Waals surface area contributed by atoms with E-state index in [2.05, 4.69) is 31.2 Å². The molecule has 0 saturated carbocycles. The zero-order valence-electron chi connectivity index (χ0n) is 14.0. The Kier molecular flexibility index (Phi) is 6.27.